The fourth-order valence-electron chi connectivity index (χ4n) is 2.76. The van der Waals surface area contributed by atoms with Gasteiger partial charge in [-0.25, -0.2) is 4.39 Å². The molecule has 0 heterocycles. The van der Waals surface area contributed by atoms with Crippen LogP contribution in [-0.2, 0) is 19.4 Å². The molecule has 0 unspecified atom stereocenters. The van der Waals surface area contributed by atoms with Gasteiger partial charge in [-0.2, -0.15) is 0 Å². The van der Waals surface area contributed by atoms with Gasteiger partial charge in [-0.3, -0.25) is 4.79 Å². The van der Waals surface area contributed by atoms with Crippen LogP contribution in [0.3, 0.4) is 0 Å². The van der Waals surface area contributed by atoms with Crippen LogP contribution in [0, 0.1) is 5.82 Å². The van der Waals surface area contributed by atoms with Crippen LogP contribution in [-0.4, -0.2) is 5.91 Å². The topological polar surface area (TPSA) is 29.1 Å². The van der Waals surface area contributed by atoms with E-state index in [0.29, 0.717) is 12.1 Å². The minimum atomic E-state index is -0.277. The van der Waals surface area contributed by atoms with Crippen LogP contribution in [0.2, 0.25) is 0 Å². The van der Waals surface area contributed by atoms with Crippen molar-refractivity contribution >= 4 is 5.91 Å². The highest BCUT2D eigenvalue weighted by Crippen LogP contribution is 2.13. The van der Waals surface area contributed by atoms with Crippen LogP contribution in [0.1, 0.15) is 27.0 Å². The van der Waals surface area contributed by atoms with E-state index in [1.54, 1.807) is 12.1 Å². The number of carbonyl (C=O) groups is 1. The second-order valence-corrected chi connectivity index (χ2v) is 5.95. The molecule has 3 heteroatoms. The first kappa shape index (κ1) is 16.9. The van der Waals surface area contributed by atoms with Gasteiger partial charge in [0.2, 0.25) is 0 Å². The van der Waals surface area contributed by atoms with Gasteiger partial charge in [0.15, 0.2) is 0 Å². The molecule has 126 valence electrons. The third-order valence-corrected chi connectivity index (χ3v) is 4.15. The molecular formula is C22H20FNO. The Morgan fingerprint density at radius 1 is 0.760 bits per heavy atom. The van der Waals surface area contributed by atoms with E-state index in [2.05, 4.69) is 17.4 Å². The first-order valence-electron chi connectivity index (χ1n) is 8.37. The first-order chi connectivity index (χ1) is 12.2. The fourth-order valence-corrected chi connectivity index (χ4v) is 2.76. The molecule has 1 N–H and O–H groups in total. The summed E-state index contributed by atoms with van der Waals surface area (Å²) >= 11 is 0. The molecule has 0 atom stereocenters. The molecule has 1 amide bonds. The Morgan fingerprint density at radius 3 is 2.20 bits per heavy atom. The molecule has 0 aliphatic heterocycles. The van der Waals surface area contributed by atoms with Gasteiger partial charge < -0.3 is 5.32 Å². The molecule has 0 bridgehead atoms. The van der Waals surface area contributed by atoms with Gasteiger partial charge >= 0.3 is 0 Å². The summed E-state index contributed by atoms with van der Waals surface area (Å²) in [6.45, 7) is 0.381. The van der Waals surface area contributed by atoms with Gasteiger partial charge in [0.25, 0.3) is 5.91 Å². The smallest absolute Gasteiger partial charge is 0.251 e. The van der Waals surface area contributed by atoms with Crippen molar-refractivity contribution in [3.63, 3.8) is 0 Å². The Morgan fingerprint density at radius 2 is 1.44 bits per heavy atom. The summed E-state index contributed by atoms with van der Waals surface area (Å²) in [6, 6.07) is 24.1. The van der Waals surface area contributed by atoms with E-state index >= 15 is 0 Å². The number of nitrogens with one attached hydrogen (secondary N) is 1. The maximum Gasteiger partial charge on any atom is 0.251 e. The summed E-state index contributed by atoms with van der Waals surface area (Å²) in [5.41, 5.74) is 3.85. The van der Waals surface area contributed by atoms with Crippen LogP contribution < -0.4 is 5.32 Å². The molecule has 0 radical (unpaired) electrons. The van der Waals surface area contributed by atoms with E-state index in [4.69, 9.17) is 0 Å². The predicted octanol–water partition coefficient (Wildman–Crippen LogP) is 4.54. The van der Waals surface area contributed by atoms with Crippen molar-refractivity contribution in [3.05, 3.63) is 107 Å². The van der Waals surface area contributed by atoms with Crippen molar-refractivity contribution in [2.45, 2.75) is 19.4 Å². The average molecular weight is 333 g/mol. The van der Waals surface area contributed by atoms with Gasteiger partial charge in [0, 0.05) is 12.1 Å². The molecule has 3 aromatic carbocycles. The number of amides is 1. The molecular weight excluding hydrogens is 313 g/mol. The number of carbonyl (C=O) groups excluding carboxylic acids is 1. The zero-order valence-corrected chi connectivity index (χ0v) is 13.9. The summed E-state index contributed by atoms with van der Waals surface area (Å²) in [5, 5.41) is 2.91. The molecule has 0 saturated heterocycles. The third-order valence-electron chi connectivity index (χ3n) is 4.15. The molecule has 0 fully saturated rings. The molecule has 0 aliphatic carbocycles. The van der Waals surface area contributed by atoms with Crippen LogP contribution in [0.15, 0.2) is 78.9 Å². The Hall–Kier alpha value is -2.94. The lowest BCUT2D eigenvalue weighted by molar-refractivity contribution is 0.0950. The van der Waals surface area contributed by atoms with E-state index in [1.165, 1.54) is 17.7 Å². The van der Waals surface area contributed by atoms with Gasteiger partial charge in [-0.05, 0) is 47.7 Å². The molecule has 2 nitrogen and oxygen atoms in total. The summed E-state index contributed by atoms with van der Waals surface area (Å²) < 4.78 is 12.9. The Bertz CT molecular complexity index is 828. The number of halogens is 1. The van der Waals surface area contributed by atoms with Crippen molar-refractivity contribution in [3.8, 4) is 0 Å². The lowest BCUT2D eigenvalue weighted by atomic mass is 9.99. The van der Waals surface area contributed by atoms with Crippen molar-refractivity contribution in [2.75, 3.05) is 0 Å². The largest absolute Gasteiger partial charge is 0.348 e. The molecule has 3 aromatic rings. The van der Waals surface area contributed by atoms with Gasteiger partial charge in [-0.1, -0.05) is 60.7 Å². The Labute approximate surface area is 147 Å². The standard InChI is InChI=1S/C22H20FNO/c23-20-14-11-18(12-15-20)16-24-22(25)21-9-5-4-8-19(21)13-10-17-6-2-1-3-7-17/h1-9,11-12,14-15H,10,13,16H2,(H,24,25). The van der Waals surface area contributed by atoms with E-state index < -0.39 is 0 Å². The lowest BCUT2D eigenvalue weighted by Crippen LogP contribution is -2.24. The predicted molar refractivity (Wildman–Crippen MR) is 97.9 cm³/mol. The number of rotatable bonds is 6. The maximum atomic E-state index is 12.9. The van der Waals surface area contributed by atoms with Crippen molar-refractivity contribution in [2.24, 2.45) is 0 Å². The van der Waals surface area contributed by atoms with E-state index in [0.717, 1.165) is 24.0 Å². The Balaban J connectivity index is 1.64. The number of hydrogen-bond donors (Lipinski definition) is 1. The molecule has 0 spiro atoms. The SMILES string of the molecule is O=C(NCc1ccc(F)cc1)c1ccccc1CCc1ccccc1. The zero-order valence-electron chi connectivity index (χ0n) is 13.9. The van der Waals surface area contributed by atoms with E-state index in [9.17, 15) is 9.18 Å². The average Bonchev–Trinajstić information content (AvgIpc) is 2.67. The second kappa shape index (κ2) is 8.25. The monoisotopic (exact) mass is 333 g/mol. The summed E-state index contributed by atoms with van der Waals surface area (Å²) in [6.07, 6.45) is 1.70. The van der Waals surface area contributed by atoms with Gasteiger partial charge in [-0.15, -0.1) is 0 Å². The van der Waals surface area contributed by atoms with Crippen molar-refractivity contribution in [1.82, 2.24) is 5.32 Å². The van der Waals surface area contributed by atoms with Crippen LogP contribution in [0.25, 0.3) is 0 Å². The van der Waals surface area contributed by atoms with E-state index in [-0.39, 0.29) is 11.7 Å². The number of hydrogen-bond acceptors (Lipinski definition) is 1. The summed E-state index contributed by atoms with van der Waals surface area (Å²) in [7, 11) is 0. The molecule has 0 aromatic heterocycles. The Kier molecular flexibility index (Phi) is 5.57. The normalized spacial score (nSPS) is 10.4. The van der Waals surface area contributed by atoms with Gasteiger partial charge in [0.05, 0.1) is 0 Å². The quantitative estimate of drug-likeness (QED) is 0.705. The highest BCUT2D eigenvalue weighted by atomic mass is 19.1. The first-order valence-corrected chi connectivity index (χ1v) is 8.37. The second-order valence-electron chi connectivity index (χ2n) is 5.95. The molecule has 3 rings (SSSR count). The van der Waals surface area contributed by atoms with Gasteiger partial charge in [0.1, 0.15) is 5.82 Å². The highest BCUT2D eigenvalue weighted by Gasteiger charge is 2.10. The lowest BCUT2D eigenvalue weighted by Gasteiger charge is -2.10. The summed E-state index contributed by atoms with van der Waals surface area (Å²) in [4.78, 5) is 12.5. The van der Waals surface area contributed by atoms with Crippen LogP contribution >= 0.6 is 0 Å². The minimum absolute atomic E-state index is 0.104. The zero-order chi connectivity index (χ0) is 17.5. The number of aryl methyl sites for hydroxylation is 2. The molecule has 0 aliphatic rings. The third kappa shape index (κ3) is 4.77. The van der Waals surface area contributed by atoms with Crippen LogP contribution in [0.5, 0.6) is 0 Å². The highest BCUT2D eigenvalue weighted by molar-refractivity contribution is 5.95. The van der Waals surface area contributed by atoms with Crippen LogP contribution in [0.4, 0.5) is 4.39 Å². The maximum absolute atomic E-state index is 12.9. The minimum Gasteiger partial charge on any atom is -0.348 e. The molecule has 0 saturated carbocycles. The number of benzene rings is 3. The van der Waals surface area contributed by atoms with E-state index in [1.807, 2.05) is 42.5 Å². The van der Waals surface area contributed by atoms with Crippen molar-refractivity contribution in [1.29, 1.82) is 0 Å². The van der Waals surface area contributed by atoms with Crippen molar-refractivity contribution < 1.29 is 9.18 Å². The molecule has 25 heavy (non-hydrogen) atoms. The fraction of sp³-hybridized carbons (Fsp3) is 0.136. The summed E-state index contributed by atoms with van der Waals surface area (Å²) in [5.74, 6) is -0.380.